The van der Waals surface area contributed by atoms with Crippen LogP contribution in [0.2, 0.25) is 0 Å². The SMILES string of the molecule is COc1cc(OC)nc(N[C@H](c2cnn(C)c2)C2CC(O)C2)n1. The van der Waals surface area contributed by atoms with Crippen molar-refractivity contribution in [2.24, 2.45) is 13.0 Å². The average Bonchev–Trinajstić information content (AvgIpc) is 2.95. The molecule has 0 bridgehead atoms. The van der Waals surface area contributed by atoms with E-state index in [2.05, 4.69) is 20.4 Å². The Morgan fingerprint density at radius 3 is 2.39 bits per heavy atom. The van der Waals surface area contributed by atoms with Gasteiger partial charge in [-0.3, -0.25) is 4.68 Å². The third-order valence-corrected chi connectivity index (χ3v) is 4.09. The first kappa shape index (κ1) is 15.5. The van der Waals surface area contributed by atoms with E-state index in [4.69, 9.17) is 9.47 Å². The molecule has 1 fully saturated rings. The number of hydrogen-bond donors (Lipinski definition) is 2. The zero-order valence-electron chi connectivity index (χ0n) is 13.4. The first-order chi connectivity index (χ1) is 11.1. The molecule has 1 aliphatic carbocycles. The van der Waals surface area contributed by atoms with Crippen molar-refractivity contribution in [2.45, 2.75) is 25.0 Å². The van der Waals surface area contributed by atoms with Crippen molar-refractivity contribution in [3.8, 4) is 11.8 Å². The van der Waals surface area contributed by atoms with Crippen molar-refractivity contribution in [2.75, 3.05) is 19.5 Å². The van der Waals surface area contributed by atoms with Crippen LogP contribution in [0.25, 0.3) is 0 Å². The highest BCUT2D eigenvalue weighted by atomic mass is 16.5. The minimum Gasteiger partial charge on any atom is -0.481 e. The summed E-state index contributed by atoms with van der Waals surface area (Å²) < 4.78 is 12.1. The molecule has 1 atom stereocenters. The summed E-state index contributed by atoms with van der Waals surface area (Å²) >= 11 is 0. The summed E-state index contributed by atoms with van der Waals surface area (Å²) in [5.74, 6) is 1.59. The van der Waals surface area contributed by atoms with Gasteiger partial charge < -0.3 is 19.9 Å². The number of nitrogens with zero attached hydrogens (tertiary/aromatic N) is 4. The van der Waals surface area contributed by atoms with Gasteiger partial charge in [0.1, 0.15) is 0 Å². The maximum atomic E-state index is 9.63. The van der Waals surface area contributed by atoms with Crippen molar-refractivity contribution >= 4 is 5.95 Å². The average molecular weight is 319 g/mol. The molecule has 2 aromatic heterocycles. The molecule has 0 aliphatic heterocycles. The molecule has 23 heavy (non-hydrogen) atoms. The smallest absolute Gasteiger partial charge is 0.229 e. The number of aliphatic hydroxyl groups excluding tert-OH is 1. The number of aryl methyl sites for hydroxylation is 1. The van der Waals surface area contributed by atoms with Gasteiger partial charge in [-0.25, -0.2) is 0 Å². The molecule has 0 amide bonds. The third kappa shape index (κ3) is 3.37. The highest BCUT2D eigenvalue weighted by Crippen LogP contribution is 2.39. The molecule has 0 unspecified atom stereocenters. The minimum absolute atomic E-state index is 0.0242. The van der Waals surface area contributed by atoms with Crippen LogP contribution >= 0.6 is 0 Å². The van der Waals surface area contributed by atoms with Crippen molar-refractivity contribution in [1.29, 1.82) is 0 Å². The molecule has 0 aromatic carbocycles. The van der Waals surface area contributed by atoms with Crippen molar-refractivity contribution in [1.82, 2.24) is 19.7 Å². The fourth-order valence-corrected chi connectivity index (χ4v) is 2.79. The maximum absolute atomic E-state index is 9.63. The molecular formula is C15H21N5O3. The van der Waals surface area contributed by atoms with E-state index in [9.17, 15) is 5.11 Å². The summed E-state index contributed by atoms with van der Waals surface area (Å²) in [5, 5.41) is 17.2. The van der Waals surface area contributed by atoms with Crippen LogP contribution in [0.3, 0.4) is 0 Å². The van der Waals surface area contributed by atoms with Gasteiger partial charge in [0, 0.05) is 18.8 Å². The molecule has 3 rings (SSSR count). The molecule has 2 N–H and O–H groups in total. The lowest BCUT2D eigenvalue weighted by atomic mass is 9.75. The molecule has 2 aromatic rings. The summed E-state index contributed by atoms with van der Waals surface area (Å²) in [5.41, 5.74) is 1.04. The molecule has 8 heteroatoms. The van der Waals surface area contributed by atoms with Crippen LogP contribution in [-0.4, -0.2) is 45.2 Å². The van der Waals surface area contributed by atoms with E-state index >= 15 is 0 Å². The fourth-order valence-electron chi connectivity index (χ4n) is 2.79. The predicted molar refractivity (Wildman–Crippen MR) is 83.4 cm³/mol. The van der Waals surface area contributed by atoms with Crippen LogP contribution in [0, 0.1) is 5.92 Å². The van der Waals surface area contributed by atoms with E-state index in [-0.39, 0.29) is 12.1 Å². The van der Waals surface area contributed by atoms with Crippen molar-refractivity contribution < 1.29 is 14.6 Å². The molecule has 2 heterocycles. The third-order valence-electron chi connectivity index (χ3n) is 4.09. The predicted octanol–water partition coefficient (Wildman–Crippen LogP) is 1.15. The first-order valence-corrected chi connectivity index (χ1v) is 7.49. The Bertz CT molecular complexity index is 647. The number of anilines is 1. The molecule has 0 saturated heterocycles. The van der Waals surface area contributed by atoms with Gasteiger partial charge in [-0.2, -0.15) is 15.1 Å². The highest BCUT2D eigenvalue weighted by molar-refractivity contribution is 5.37. The highest BCUT2D eigenvalue weighted by Gasteiger charge is 2.36. The Morgan fingerprint density at radius 1 is 1.26 bits per heavy atom. The molecular weight excluding hydrogens is 298 g/mol. The quantitative estimate of drug-likeness (QED) is 0.825. The zero-order valence-corrected chi connectivity index (χ0v) is 13.4. The largest absolute Gasteiger partial charge is 0.481 e. The number of rotatable bonds is 6. The Labute approximate surface area is 134 Å². The second-order valence-electron chi connectivity index (χ2n) is 5.73. The second-order valence-corrected chi connectivity index (χ2v) is 5.73. The van der Waals surface area contributed by atoms with E-state index in [1.54, 1.807) is 25.0 Å². The van der Waals surface area contributed by atoms with E-state index in [0.29, 0.717) is 23.6 Å². The summed E-state index contributed by atoms with van der Waals surface area (Å²) in [4.78, 5) is 8.64. The molecule has 0 spiro atoms. The lowest BCUT2D eigenvalue weighted by Crippen LogP contribution is -2.36. The van der Waals surface area contributed by atoms with Crippen molar-refractivity contribution in [3.05, 3.63) is 24.0 Å². The van der Waals surface area contributed by atoms with E-state index in [1.165, 1.54) is 0 Å². The van der Waals surface area contributed by atoms with Gasteiger partial charge in [-0.05, 0) is 18.8 Å². The molecule has 0 radical (unpaired) electrons. The Kier molecular flexibility index (Phi) is 4.33. The van der Waals surface area contributed by atoms with E-state index < -0.39 is 0 Å². The number of nitrogens with one attached hydrogen (secondary N) is 1. The number of methoxy groups -OCH3 is 2. The van der Waals surface area contributed by atoms with E-state index in [0.717, 1.165) is 18.4 Å². The lowest BCUT2D eigenvalue weighted by Gasteiger charge is -2.37. The van der Waals surface area contributed by atoms with Crippen LogP contribution in [0.15, 0.2) is 18.5 Å². The van der Waals surface area contributed by atoms with Crippen LogP contribution < -0.4 is 14.8 Å². The number of hydrogen-bond acceptors (Lipinski definition) is 7. The summed E-state index contributed by atoms with van der Waals surface area (Å²) in [6.07, 6.45) is 5.03. The van der Waals surface area contributed by atoms with Crippen LogP contribution in [-0.2, 0) is 7.05 Å². The van der Waals surface area contributed by atoms with Gasteiger partial charge >= 0.3 is 0 Å². The lowest BCUT2D eigenvalue weighted by molar-refractivity contribution is 0.0338. The Balaban J connectivity index is 1.86. The zero-order chi connectivity index (χ0) is 16.4. The minimum atomic E-state index is -0.235. The standard InChI is InChI=1S/C15H21N5O3/c1-20-8-10(7-16-20)14(9-4-11(21)5-9)19-15-17-12(22-2)6-13(18-15)23-3/h6-9,11,14,21H,4-5H2,1-3H3,(H,17,18,19)/t9?,11?,14-/m0/s1. The van der Waals surface area contributed by atoms with Crippen LogP contribution in [0.1, 0.15) is 24.4 Å². The summed E-state index contributed by atoms with van der Waals surface area (Å²) in [6, 6.07) is 1.60. The van der Waals surface area contributed by atoms with Gasteiger partial charge in [0.15, 0.2) is 0 Å². The molecule has 8 nitrogen and oxygen atoms in total. The molecule has 1 saturated carbocycles. The number of ether oxygens (including phenoxy) is 2. The topological polar surface area (TPSA) is 94.3 Å². The van der Waals surface area contributed by atoms with Gasteiger partial charge in [0.2, 0.25) is 17.7 Å². The van der Waals surface area contributed by atoms with Crippen LogP contribution in [0.5, 0.6) is 11.8 Å². The van der Waals surface area contributed by atoms with Gasteiger partial charge in [0.05, 0.1) is 38.6 Å². The molecule has 1 aliphatic rings. The van der Waals surface area contributed by atoms with Gasteiger partial charge in [0.25, 0.3) is 0 Å². The van der Waals surface area contributed by atoms with Crippen LogP contribution in [0.4, 0.5) is 5.95 Å². The summed E-state index contributed by atoms with van der Waals surface area (Å²) in [7, 11) is 4.97. The monoisotopic (exact) mass is 319 g/mol. The summed E-state index contributed by atoms with van der Waals surface area (Å²) in [6.45, 7) is 0. The number of aromatic nitrogens is 4. The Morgan fingerprint density at radius 2 is 1.91 bits per heavy atom. The fraction of sp³-hybridized carbons (Fsp3) is 0.533. The maximum Gasteiger partial charge on any atom is 0.229 e. The normalized spacial score (nSPS) is 21.4. The van der Waals surface area contributed by atoms with Crippen molar-refractivity contribution in [3.63, 3.8) is 0 Å². The van der Waals surface area contributed by atoms with E-state index in [1.807, 2.05) is 19.4 Å². The first-order valence-electron chi connectivity index (χ1n) is 7.49. The number of aliphatic hydroxyl groups is 1. The van der Waals surface area contributed by atoms with Gasteiger partial charge in [-0.1, -0.05) is 0 Å². The molecule has 124 valence electrons. The van der Waals surface area contributed by atoms with Gasteiger partial charge in [-0.15, -0.1) is 0 Å². The Hall–Kier alpha value is -2.35. The second kappa shape index (κ2) is 6.41.